The molecular formula is C11H25NO2. The van der Waals surface area contributed by atoms with Gasteiger partial charge in [0.15, 0.2) is 0 Å². The maximum atomic E-state index is 5.79. The molecule has 0 aromatic heterocycles. The lowest BCUT2D eigenvalue weighted by molar-refractivity contribution is -0.0722. The van der Waals surface area contributed by atoms with Crippen molar-refractivity contribution < 1.29 is 9.47 Å². The van der Waals surface area contributed by atoms with E-state index in [0.29, 0.717) is 6.61 Å². The van der Waals surface area contributed by atoms with Crippen LogP contribution in [-0.4, -0.2) is 38.5 Å². The molecule has 0 rings (SSSR count). The second-order valence-electron chi connectivity index (χ2n) is 3.60. The Bertz CT molecular complexity index is 141. The molecule has 0 aromatic carbocycles. The highest BCUT2D eigenvalue weighted by atomic mass is 16.5. The van der Waals surface area contributed by atoms with Crippen molar-refractivity contribution in [1.29, 1.82) is 0 Å². The molecule has 86 valence electrons. The summed E-state index contributed by atoms with van der Waals surface area (Å²) in [6.07, 6.45) is 0.986. The fourth-order valence-corrected chi connectivity index (χ4v) is 1.58. The Kier molecular flexibility index (Phi) is 7.15. The van der Waals surface area contributed by atoms with Crippen LogP contribution in [0.15, 0.2) is 0 Å². The number of nitrogens with one attached hydrogen (secondary N) is 1. The van der Waals surface area contributed by atoms with Crippen molar-refractivity contribution in [2.75, 3.05) is 26.9 Å². The predicted octanol–water partition coefficient (Wildman–Crippen LogP) is 1.82. The minimum absolute atomic E-state index is 0.126. The van der Waals surface area contributed by atoms with Crippen LogP contribution in [0.2, 0.25) is 0 Å². The van der Waals surface area contributed by atoms with Crippen LogP contribution in [0.3, 0.4) is 0 Å². The average Bonchev–Trinajstić information content (AvgIpc) is 2.19. The molecule has 0 aromatic rings. The zero-order valence-corrected chi connectivity index (χ0v) is 10.2. The van der Waals surface area contributed by atoms with Gasteiger partial charge in [-0.15, -0.1) is 0 Å². The molecule has 1 N–H and O–H groups in total. The second kappa shape index (κ2) is 7.21. The highest BCUT2D eigenvalue weighted by Crippen LogP contribution is 2.20. The first-order valence-electron chi connectivity index (χ1n) is 5.53. The molecule has 14 heavy (non-hydrogen) atoms. The van der Waals surface area contributed by atoms with Gasteiger partial charge in [0.25, 0.3) is 0 Å². The van der Waals surface area contributed by atoms with Crippen LogP contribution in [-0.2, 0) is 9.47 Å². The highest BCUT2D eigenvalue weighted by molar-refractivity contribution is 4.87. The Labute approximate surface area is 88.2 Å². The summed E-state index contributed by atoms with van der Waals surface area (Å²) in [4.78, 5) is 0. The first-order valence-corrected chi connectivity index (χ1v) is 5.53. The number of hydrogen-bond donors (Lipinski definition) is 1. The number of rotatable bonds is 8. The van der Waals surface area contributed by atoms with E-state index in [1.807, 2.05) is 20.9 Å². The summed E-state index contributed by atoms with van der Waals surface area (Å²) in [5.41, 5.74) is -0.126. The lowest BCUT2D eigenvalue weighted by atomic mass is 9.93. The zero-order valence-electron chi connectivity index (χ0n) is 10.2. The van der Waals surface area contributed by atoms with Crippen LogP contribution in [0.5, 0.6) is 0 Å². The molecule has 0 saturated heterocycles. The number of hydrogen-bond acceptors (Lipinski definition) is 3. The van der Waals surface area contributed by atoms with Crippen molar-refractivity contribution in [2.24, 2.45) is 0 Å². The van der Waals surface area contributed by atoms with Gasteiger partial charge in [-0.05, 0) is 34.2 Å². The lowest BCUT2D eigenvalue weighted by Gasteiger charge is -2.36. The molecule has 2 atom stereocenters. The summed E-state index contributed by atoms with van der Waals surface area (Å²) in [7, 11) is 1.95. The summed E-state index contributed by atoms with van der Waals surface area (Å²) >= 11 is 0. The van der Waals surface area contributed by atoms with Gasteiger partial charge >= 0.3 is 0 Å². The van der Waals surface area contributed by atoms with Crippen molar-refractivity contribution in [3.63, 3.8) is 0 Å². The van der Waals surface area contributed by atoms with Crippen LogP contribution >= 0.6 is 0 Å². The van der Waals surface area contributed by atoms with E-state index in [1.165, 1.54) is 0 Å². The molecular weight excluding hydrogens is 178 g/mol. The van der Waals surface area contributed by atoms with Gasteiger partial charge in [0.1, 0.15) is 0 Å². The van der Waals surface area contributed by atoms with E-state index in [0.717, 1.165) is 19.6 Å². The van der Waals surface area contributed by atoms with E-state index < -0.39 is 0 Å². The summed E-state index contributed by atoms with van der Waals surface area (Å²) in [5.74, 6) is 0. The molecule has 0 heterocycles. The van der Waals surface area contributed by atoms with Crippen LogP contribution in [0.1, 0.15) is 34.1 Å². The third-order valence-electron chi connectivity index (χ3n) is 2.75. The fourth-order valence-electron chi connectivity index (χ4n) is 1.58. The monoisotopic (exact) mass is 203 g/mol. The average molecular weight is 203 g/mol. The van der Waals surface area contributed by atoms with Crippen molar-refractivity contribution >= 4 is 0 Å². The van der Waals surface area contributed by atoms with Crippen LogP contribution in [0, 0.1) is 0 Å². The van der Waals surface area contributed by atoms with E-state index >= 15 is 0 Å². The van der Waals surface area contributed by atoms with Gasteiger partial charge in [-0.1, -0.05) is 6.92 Å². The number of ether oxygens (including phenoxy) is 2. The molecule has 0 amide bonds. The summed E-state index contributed by atoms with van der Waals surface area (Å²) in [5, 5.41) is 3.26. The first kappa shape index (κ1) is 13.9. The van der Waals surface area contributed by atoms with Gasteiger partial charge in [0, 0.05) is 13.2 Å². The SMILES string of the molecule is CCOCC(NC)C(C)(CC)OCC. The molecule has 3 heteroatoms. The van der Waals surface area contributed by atoms with E-state index in [4.69, 9.17) is 9.47 Å². The first-order chi connectivity index (χ1) is 6.64. The molecule has 0 saturated carbocycles. The maximum absolute atomic E-state index is 5.79. The molecule has 0 spiro atoms. The van der Waals surface area contributed by atoms with Gasteiger partial charge in [-0.25, -0.2) is 0 Å². The van der Waals surface area contributed by atoms with Gasteiger partial charge < -0.3 is 14.8 Å². The quantitative estimate of drug-likeness (QED) is 0.652. The topological polar surface area (TPSA) is 30.5 Å². The molecule has 0 aliphatic heterocycles. The number of likely N-dealkylation sites (N-methyl/N-ethyl adjacent to an activating group) is 1. The Morgan fingerprint density at radius 3 is 2.21 bits per heavy atom. The van der Waals surface area contributed by atoms with Crippen LogP contribution in [0.4, 0.5) is 0 Å². The molecule has 0 radical (unpaired) electrons. The van der Waals surface area contributed by atoms with Crippen LogP contribution in [0.25, 0.3) is 0 Å². The van der Waals surface area contributed by atoms with Gasteiger partial charge in [0.05, 0.1) is 18.2 Å². The molecule has 3 nitrogen and oxygen atoms in total. The normalized spacial score (nSPS) is 17.8. The zero-order chi connectivity index (χ0) is 11.0. The van der Waals surface area contributed by atoms with Crippen molar-refractivity contribution in [3.8, 4) is 0 Å². The summed E-state index contributed by atoms with van der Waals surface area (Å²) in [6.45, 7) is 10.5. The van der Waals surface area contributed by atoms with Crippen molar-refractivity contribution in [1.82, 2.24) is 5.32 Å². The van der Waals surface area contributed by atoms with Gasteiger partial charge in [-0.3, -0.25) is 0 Å². The Balaban J connectivity index is 4.26. The van der Waals surface area contributed by atoms with Crippen LogP contribution < -0.4 is 5.32 Å². The minimum Gasteiger partial charge on any atom is -0.380 e. The Morgan fingerprint density at radius 1 is 1.21 bits per heavy atom. The Morgan fingerprint density at radius 2 is 1.86 bits per heavy atom. The molecule has 0 bridgehead atoms. The van der Waals surface area contributed by atoms with E-state index in [1.54, 1.807) is 0 Å². The van der Waals surface area contributed by atoms with E-state index in [-0.39, 0.29) is 11.6 Å². The third-order valence-corrected chi connectivity index (χ3v) is 2.75. The third kappa shape index (κ3) is 3.95. The highest BCUT2D eigenvalue weighted by Gasteiger charge is 2.32. The van der Waals surface area contributed by atoms with E-state index in [2.05, 4.69) is 19.2 Å². The largest absolute Gasteiger partial charge is 0.380 e. The standard InChI is InChI=1S/C11H25NO2/c1-6-11(4,14-8-3)10(12-5)9-13-7-2/h10,12H,6-9H2,1-5H3. The summed E-state index contributed by atoms with van der Waals surface area (Å²) in [6, 6.07) is 0.257. The fraction of sp³-hybridized carbons (Fsp3) is 1.00. The molecule has 0 fully saturated rings. The Hall–Kier alpha value is -0.120. The predicted molar refractivity (Wildman–Crippen MR) is 59.7 cm³/mol. The van der Waals surface area contributed by atoms with Gasteiger partial charge in [-0.2, -0.15) is 0 Å². The smallest absolute Gasteiger partial charge is 0.0826 e. The van der Waals surface area contributed by atoms with Crippen molar-refractivity contribution in [2.45, 2.75) is 45.8 Å². The summed E-state index contributed by atoms with van der Waals surface area (Å²) < 4.78 is 11.2. The second-order valence-corrected chi connectivity index (χ2v) is 3.60. The lowest BCUT2D eigenvalue weighted by Crippen LogP contribution is -2.51. The van der Waals surface area contributed by atoms with Gasteiger partial charge in [0.2, 0.25) is 0 Å². The van der Waals surface area contributed by atoms with E-state index in [9.17, 15) is 0 Å². The molecule has 0 aliphatic carbocycles. The molecule has 0 aliphatic rings. The molecule has 2 unspecified atom stereocenters. The minimum atomic E-state index is -0.126. The van der Waals surface area contributed by atoms with Crippen molar-refractivity contribution in [3.05, 3.63) is 0 Å². The maximum Gasteiger partial charge on any atom is 0.0826 e.